The highest BCUT2D eigenvalue weighted by Crippen LogP contribution is 2.37. The Morgan fingerprint density at radius 1 is 1.18 bits per heavy atom. The Morgan fingerprint density at radius 3 is 2.74 bits per heavy atom. The highest BCUT2D eigenvalue weighted by Gasteiger charge is 2.28. The van der Waals surface area contributed by atoms with Crippen molar-refractivity contribution in [2.24, 2.45) is 11.7 Å². The number of pyridine rings is 2. The molecule has 5 nitrogen and oxygen atoms in total. The lowest BCUT2D eigenvalue weighted by Gasteiger charge is -2.36. The number of hydrogen-bond donors (Lipinski definition) is 1. The molecule has 2 N–H and O–H groups in total. The lowest BCUT2D eigenvalue weighted by atomic mass is 9.75. The summed E-state index contributed by atoms with van der Waals surface area (Å²) in [5.74, 6) is 0.468. The Morgan fingerprint density at radius 2 is 2.00 bits per heavy atom. The summed E-state index contributed by atoms with van der Waals surface area (Å²) in [6, 6.07) is 7.47. The molecule has 178 valence electrons. The van der Waals surface area contributed by atoms with Crippen molar-refractivity contribution < 1.29 is 9.18 Å². The molecule has 3 aromatic rings. The summed E-state index contributed by atoms with van der Waals surface area (Å²) < 4.78 is 14.8. The number of anilines is 1. The van der Waals surface area contributed by atoms with Crippen molar-refractivity contribution >= 4 is 22.4 Å². The molecular formula is C28H33FN4O. The average Bonchev–Trinajstić information content (AvgIpc) is 2.77. The van der Waals surface area contributed by atoms with E-state index < -0.39 is 0 Å². The zero-order valence-corrected chi connectivity index (χ0v) is 20.0. The van der Waals surface area contributed by atoms with Gasteiger partial charge in [0.15, 0.2) is 5.78 Å². The Labute approximate surface area is 200 Å². The van der Waals surface area contributed by atoms with Gasteiger partial charge < -0.3 is 10.6 Å². The molecule has 1 aromatic carbocycles. The number of hydrogen-bond acceptors (Lipinski definition) is 5. The molecule has 2 aliphatic rings. The molecule has 0 bridgehead atoms. The maximum absolute atomic E-state index is 14.8. The van der Waals surface area contributed by atoms with Crippen LogP contribution < -0.4 is 10.6 Å². The molecule has 5 rings (SSSR count). The SMILES string of the molecule is C[C@@H]1C[C@H](N)C[C@H](c2ccncc2CC(=O)c2ccc(F)c3cc(N(C)C4CCC4)cnc23)C1. The molecule has 34 heavy (non-hydrogen) atoms. The number of halogens is 1. The van der Waals surface area contributed by atoms with Crippen molar-refractivity contribution in [1.29, 1.82) is 0 Å². The van der Waals surface area contributed by atoms with Crippen LogP contribution in [-0.2, 0) is 6.42 Å². The van der Waals surface area contributed by atoms with E-state index >= 15 is 0 Å². The second-order valence-electron chi connectivity index (χ2n) is 10.3. The molecule has 2 aliphatic carbocycles. The van der Waals surface area contributed by atoms with Crippen molar-refractivity contribution in [2.75, 3.05) is 11.9 Å². The first-order valence-electron chi connectivity index (χ1n) is 12.4. The van der Waals surface area contributed by atoms with Crippen LogP contribution in [0.15, 0.2) is 42.9 Å². The van der Waals surface area contributed by atoms with Crippen molar-refractivity contribution in [3.8, 4) is 0 Å². The molecule has 3 atom stereocenters. The quantitative estimate of drug-likeness (QED) is 0.498. The summed E-state index contributed by atoms with van der Waals surface area (Å²) in [4.78, 5) is 24.5. The fourth-order valence-electron chi connectivity index (χ4n) is 5.74. The van der Waals surface area contributed by atoms with Crippen LogP contribution in [-0.4, -0.2) is 34.9 Å². The number of Topliss-reactive ketones (excluding diaryl/α,β-unsaturated/α-hetero) is 1. The summed E-state index contributed by atoms with van der Waals surface area (Å²) in [5, 5.41) is 0.396. The van der Waals surface area contributed by atoms with Crippen molar-refractivity contribution in [2.45, 2.75) is 69.9 Å². The third kappa shape index (κ3) is 4.43. The van der Waals surface area contributed by atoms with E-state index in [0.717, 1.165) is 48.9 Å². The van der Waals surface area contributed by atoms with Crippen LogP contribution in [0.1, 0.15) is 72.9 Å². The minimum Gasteiger partial charge on any atom is -0.370 e. The highest BCUT2D eigenvalue weighted by molar-refractivity contribution is 6.08. The zero-order valence-electron chi connectivity index (χ0n) is 20.0. The molecule has 0 unspecified atom stereocenters. The Bertz CT molecular complexity index is 1200. The number of nitrogens with two attached hydrogens (primary N) is 1. The second-order valence-corrected chi connectivity index (χ2v) is 10.3. The van der Waals surface area contributed by atoms with Gasteiger partial charge in [-0.3, -0.25) is 14.8 Å². The normalized spacial score (nSPS) is 23.0. The van der Waals surface area contributed by atoms with E-state index in [2.05, 4.69) is 21.8 Å². The number of carbonyl (C=O) groups is 1. The molecule has 0 saturated heterocycles. The van der Waals surface area contributed by atoms with Gasteiger partial charge in [0, 0.05) is 48.9 Å². The van der Waals surface area contributed by atoms with E-state index in [4.69, 9.17) is 5.73 Å². The molecule has 2 heterocycles. The van der Waals surface area contributed by atoms with Crippen LogP contribution in [0.2, 0.25) is 0 Å². The smallest absolute Gasteiger partial charge is 0.169 e. The van der Waals surface area contributed by atoms with Gasteiger partial charge in [-0.15, -0.1) is 0 Å². The van der Waals surface area contributed by atoms with E-state index in [-0.39, 0.29) is 24.1 Å². The van der Waals surface area contributed by atoms with Gasteiger partial charge in [-0.05, 0) is 85.8 Å². The Kier molecular flexibility index (Phi) is 6.34. The van der Waals surface area contributed by atoms with Gasteiger partial charge in [0.25, 0.3) is 0 Å². The second kappa shape index (κ2) is 9.41. The molecule has 0 spiro atoms. The first kappa shape index (κ1) is 22.9. The van der Waals surface area contributed by atoms with E-state index in [1.165, 1.54) is 12.5 Å². The van der Waals surface area contributed by atoms with Crippen LogP contribution >= 0.6 is 0 Å². The van der Waals surface area contributed by atoms with E-state index in [9.17, 15) is 9.18 Å². The number of rotatable bonds is 6. The highest BCUT2D eigenvalue weighted by atomic mass is 19.1. The molecule has 0 radical (unpaired) electrons. The molecule has 0 amide bonds. The van der Waals surface area contributed by atoms with Crippen molar-refractivity contribution in [3.63, 3.8) is 0 Å². The first-order chi connectivity index (χ1) is 16.4. The number of fused-ring (bicyclic) bond motifs is 1. The summed E-state index contributed by atoms with van der Waals surface area (Å²) in [5.41, 5.74) is 10.2. The van der Waals surface area contributed by atoms with Crippen LogP contribution in [0, 0.1) is 11.7 Å². The average molecular weight is 461 g/mol. The third-order valence-electron chi connectivity index (χ3n) is 7.82. The number of nitrogens with zero attached hydrogens (tertiary/aromatic N) is 3. The van der Waals surface area contributed by atoms with Gasteiger partial charge in [-0.25, -0.2) is 4.39 Å². The molecule has 2 fully saturated rings. The predicted molar refractivity (Wildman–Crippen MR) is 134 cm³/mol. The monoisotopic (exact) mass is 460 g/mol. The molecule has 6 heteroatoms. The maximum Gasteiger partial charge on any atom is 0.169 e. The van der Waals surface area contributed by atoms with Gasteiger partial charge in [-0.1, -0.05) is 6.92 Å². The van der Waals surface area contributed by atoms with Gasteiger partial charge in [-0.2, -0.15) is 0 Å². The summed E-state index contributed by atoms with van der Waals surface area (Å²) in [7, 11) is 2.03. The lowest BCUT2D eigenvalue weighted by Crippen LogP contribution is -2.37. The van der Waals surface area contributed by atoms with Gasteiger partial charge >= 0.3 is 0 Å². The summed E-state index contributed by atoms with van der Waals surface area (Å²) >= 11 is 0. The standard InChI is InChI=1S/C28H33FN4O/c1-17-10-18(12-20(30)11-17)23-8-9-31-15-19(23)13-27(34)24-6-7-26(29)25-14-22(16-32-28(24)25)33(2)21-4-3-5-21/h6-9,14-18,20-21H,3-5,10-13,30H2,1-2H3/t17-,18+,20-/m0/s1. The Balaban J connectivity index is 1.44. The van der Waals surface area contributed by atoms with Crippen LogP contribution in [0.3, 0.4) is 0 Å². The molecule has 2 aromatic heterocycles. The summed E-state index contributed by atoms with van der Waals surface area (Å²) in [6.07, 6.45) is 12.1. The maximum atomic E-state index is 14.8. The number of benzene rings is 1. The Hall–Kier alpha value is -2.86. The minimum atomic E-state index is -0.352. The number of ketones is 1. The molecule has 2 saturated carbocycles. The fraction of sp³-hybridized carbons (Fsp3) is 0.464. The number of aromatic nitrogens is 2. The lowest BCUT2D eigenvalue weighted by molar-refractivity contribution is 0.0994. The van der Waals surface area contributed by atoms with Gasteiger partial charge in [0.05, 0.1) is 17.4 Å². The first-order valence-corrected chi connectivity index (χ1v) is 12.4. The largest absolute Gasteiger partial charge is 0.370 e. The van der Waals surface area contributed by atoms with Crippen molar-refractivity contribution in [1.82, 2.24) is 9.97 Å². The van der Waals surface area contributed by atoms with Crippen LogP contribution in [0.25, 0.3) is 10.9 Å². The third-order valence-corrected chi connectivity index (χ3v) is 7.82. The van der Waals surface area contributed by atoms with Gasteiger partial charge in [0.2, 0.25) is 0 Å². The van der Waals surface area contributed by atoms with E-state index in [1.807, 2.05) is 19.2 Å². The zero-order chi connectivity index (χ0) is 23.8. The van der Waals surface area contributed by atoms with Crippen molar-refractivity contribution in [3.05, 3.63) is 65.4 Å². The topological polar surface area (TPSA) is 72.1 Å². The fourth-order valence-corrected chi connectivity index (χ4v) is 5.74. The van der Waals surface area contributed by atoms with E-state index in [0.29, 0.717) is 34.3 Å². The number of carbonyl (C=O) groups excluding carboxylic acids is 1. The van der Waals surface area contributed by atoms with Crippen LogP contribution in [0.5, 0.6) is 0 Å². The van der Waals surface area contributed by atoms with E-state index in [1.54, 1.807) is 24.7 Å². The molecule has 0 aliphatic heterocycles. The van der Waals surface area contributed by atoms with Gasteiger partial charge in [0.1, 0.15) is 5.82 Å². The van der Waals surface area contributed by atoms with Crippen LogP contribution in [0.4, 0.5) is 10.1 Å². The molecular weight excluding hydrogens is 427 g/mol. The summed E-state index contributed by atoms with van der Waals surface area (Å²) in [6.45, 7) is 2.24. The predicted octanol–water partition coefficient (Wildman–Crippen LogP) is 5.41. The minimum absolute atomic E-state index is 0.0694.